The Morgan fingerprint density at radius 1 is 1.20 bits per heavy atom. The number of pyridine rings is 1. The van der Waals surface area contributed by atoms with Gasteiger partial charge < -0.3 is 14.8 Å². The lowest BCUT2D eigenvalue weighted by molar-refractivity contribution is -0.122. The number of ether oxygens (including phenoxy) is 2. The number of carbonyl (C=O) groups excluding carboxylic acids is 1. The summed E-state index contributed by atoms with van der Waals surface area (Å²) in [4.78, 5) is 21.8. The minimum absolute atomic E-state index is 0.0239. The predicted octanol–water partition coefficient (Wildman–Crippen LogP) is 1.85. The number of fused-ring (bicyclic) bond motifs is 1. The number of hydrogen-bond acceptors (Lipinski definition) is 6. The molecule has 0 saturated carbocycles. The lowest BCUT2D eigenvalue weighted by Crippen LogP contribution is -2.46. The molecule has 2 atom stereocenters. The van der Waals surface area contributed by atoms with Crippen molar-refractivity contribution in [1.29, 1.82) is 0 Å². The van der Waals surface area contributed by atoms with E-state index in [0.717, 1.165) is 36.6 Å². The molecule has 3 heterocycles. The molecule has 30 heavy (non-hydrogen) atoms. The topological polar surface area (TPSA) is 66.9 Å². The minimum atomic E-state index is 0.0239. The Hall–Kier alpha value is -2.48. The maximum absolute atomic E-state index is 12.8. The summed E-state index contributed by atoms with van der Waals surface area (Å²) in [5.74, 6) is 0.936. The number of rotatable bonds is 6. The van der Waals surface area contributed by atoms with Crippen LogP contribution in [0.2, 0.25) is 0 Å². The van der Waals surface area contributed by atoms with Gasteiger partial charge in [-0.3, -0.25) is 19.6 Å². The van der Waals surface area contributed by atoms with Crippen LogP contribution in [-0.2, 0) is 16.1 Å². The highest BCUT2D eigenvalue weighted by Gasteiger charge is 2.25. The molecule has 2 unspecified atom stereocenters. The SMILES string of the molecule is CC1CN(CC(=O)NCC(c2ccccn2)N2CCOCC2)Cc2ccccc2O1. The number of nitrogens with zero attached hydrogens (tertiary/aromatic N) is 3. The van der Waals surface area contributed by atoms with E-state index in [4.69, 9.17) is 9.47 Å². The van der Waals surface area contributed by atoms with Gasteiger partial charge in [-0.2, -0.15) is 0 Å². The predicted molar refractivity (Wildman–Crippen MR) is 114 cm³/mol. The molecule has 0 bridgehead atoms. The maximum atomic E-state index is 12.8. The van der Waals surface area contributed by atoms with Gasteiger partial charge in [-0.15, -0.1) is 0 Å². The first-order valence-corrected chi connectivity index (χ1v) is 10.7. The van der Waals surface area contributed by atoms with Crippen molar-refractivity contribution in [1.82, 2.24) is 20.1 Å². The van der Waals surface area contributed by atoms with Crippen molar-refractivity contribution in [3.63, 3.8) is 0 Å². The fourth-order valence-corrected chi connectivity index (χ4v) is 4.15. The molecule has 7 heteroatoms. The van der Waals surface area contributed by atoms with Crippen LogP contribution in [0.1, 0.15) is 24.2 Å². The van der Waals surface area contributed by atoms with E-state index >= 15 is 0 Å². The molecule has 1 fully saturated rings. The molecule has 2 aliphatic rings. The molecule has 1 aromatic heterocycles. The fourth-order valence-electron chi connectivity index (χ4n) is 4.15. The Balaban J connectivity index is 1.37. The third kappa shape index (κ3) is 5.36. The number of morpholine rings is 1. The molecule has 2 aliphatic heterocycles. The molecule has 7 nitrogen and oxygen atoms in total. The van der Waals surface area contributed by atoms with Gasteiger partial charge in [0.15, 0.2) is 0 Å². The van der Waals surface area contributed by atoms with Gasteiger partial charge in [-0.1, -0.05) is 24.3 Å². The summed E-state index contributed by atoms with van der Waals surface area (Å²) in [5, 5.41) is 3.14. The zero-order valence-corrected chi connectivity index (χ0v) is 17.5. The van der Waals surface area contributed by atoms with Gasteiger partial charge in [0.25, 0.3) is 0 Å². The monoisotopic (exact) mass is 410 g/mol. The average molecular weight is 411 g/mol. The molecule has 1 aromatic carbocycles. The number of amides is 1. The van der Waals surface area contributed by atoms with Gasteiger partial charge in [0, 0.05) is 44.5 Å². The molecule has 1 saturated heterocycles. The first-order valence-electron chi connectivity index (χ1n) is 10.7. The molecule has 0 radical (unpaired) electrons. The number of nitrogens with one attached hydrogen (secondary N) is 1. The normalized spacial score (nSPS) is 21.2. The summed E-state index contributed by atoms with van der Waals surface area (Å²) in [6.07, 6.45) is 1.84. The van der Waals surface area contributed by atoms with Gasteiger partial charge in [-0.05, 0) is 25.1 Å². The molecule has 160 valence electrons. The summed E-state index contributed by atoms with van der Waals surface area (Å²) in [5.41, 5.74) is 2.10. The standard InChI is InChI=1S/C23H30N4O3/c1-18-15-26(16-19-6-2-3-8-22(19)30-18)17-23(28)25-14-21(20-7-4-5-9-24-20)27-10-12-29-13-11-27/h2-9,18,21H,10-17H2,1H3,(H,25,28). The fraction of sp³-hybridized carbons (Fsp3) is 0.478. The highest BCUT2D eigenvalue weighted by atomic mass is 16.5. The molecule has 0 spiro atoms. The number of benzene rings is 1. The second-order valence-electron chi connectivity index (χ2n) is 7.93. The highest BCUT2D eigenvalue weighted by Crippen LogP contribution is 2.24. The van der Waals surface area contributed by atoms with Crippen LogP contribution in [0.15, 0.2) is 48.7 Å². The van der Waals surface area contributed by atoms with Crippen molar-refractivity contribution in [2.45, 2.75) is 25.6 Å². The molecule has 1 N–H and O–H groups in total. The molecule has 4 rings (SSSR count). The lowest BCUT2D eigenvalue weighted by atomic mass is 10.1. The second kappa shape index (κ2) is 10.0. The van der Waals surface area contributed by atoms with Gasteiger partial charge in [0.05, 0.1) is 31.5 Å². The zero-order chi connectivity index (χ0) is 20.8. The van der Waals surface area contributed by atoms with Crippen LogP contribution in [0.25, 0.3) is 0 Å². The van der Waals surface area contributed by atoms with Crippen molar-refractivity contribution in [2.75, 3.05) is 45.9 Å². The van der Waals surface area contributed by atoms with Gasteiger partial charge in [0.2, 0.25) is 5.91 Å². The Kier molecular flexibility index (Phi) is 6.94. The Morgan fingerprint density at radius 2 is 2.00 bits per heavy atom. The van der Waals surface area contributed by atoms with E-state index in [1.807, 2.05) is 43.3 Å². The summed E-state index contributed by atoms with van der Waals surface area (Å²) >= 11 is 0. The van der Waals surface area contributed by atoms with Crippen molar-refractivity contribution < 1.29 is 14.3 Å². The van der Waals surface area contributed by atoms with E-state index < -0.39 is 0 Å². The van der Waals surface area contributed by atoms with Gasteiger partial charge in [0.1, 0.15) is 11.9 Å². The first-order chi connectivity index (χ1) is 14.7. The minimum Gasteiger partial charge on any atom is -0.489 e. The van der Waals surface area contributed by atoms with Crippen LogP contribution in [0.3, 0.4) is 0 Å². The number of carbonyl (C=O) groups is 1. The lowest BCUT2D eigenvalue weighted by Gasteiger charge is -2.34. The Morgan fingerprint density at radius 3 is 2.80 bits per heavy atom. The Bertz CT molecular complexity index is 826. The smallest absolute Gasteiger partial charge is 0.234 e. The Labute approximate surface area is 178 Å². The second-order valence-corrected chi connectivity index (χ2v) is 7.93. The van der Waals surface area contributed by atoms with Crippen molar-refractivity contribution in [2.24, 2.45) is 0 Å². The van der Waals surface area contributed by atoms with E-state index in [1.54, 1.807) is 6.20 Å². The van der Waals surface area contributed by atoms with Crippen LogP contribution < -0.4 is 10.1 Å². The summed E-state index contributed by atoms with van der Waals surface area (Å²) < 4.78 is 11.5. The van der Waals surface area contributed by atoms with Crippen LogP contribution in [-0.4, -0.2) is 72.7 Å². The van der Waals surface area contributed by atoms with Crippen LogP contribution in [0.5, 0.6) is 5.75 Å². The van der Waals surface area contributed by atoms with Gasteiger partial charge >= 0.3 is 0 Å². The van der Waals surface area contributed by atoms with Crippen LogP contribution in [0.4, 0.5) is 0 Å². The van der Waals surface area contributed by atoms with Crippen molar-refractivity contribution in [3.8, 4) is 5.75 Å². The average Bonchev–Trinajstić information content (AvgIpc) is 2.92. The van der Waals surface area contributed by atoms with Crippen molar-refractivity contribution in [3.05, 3.63) is 59.9 Å². The molecular formula is C23H30N4O3. The molecular weight excluding hydrogens is 380 g/mol. The zero-order valence-electron chi connectivity index (χ0n) is 17.5. The summed E-state index contributed by atoms with van der Waals surface area (Å²) in [6, 6.07) is 14.0. The highest BCUT2D eigenvalue weighted by molar-refractivity contribution is 5.78. The largest absolute Gasteiger partial charge is 0.489 e. The van der Waals surface area contributed by atoms with E-state index in [9.17, 15) is 4.79 Å². The van der Waals surface area contributed by atoms with E-state index in [2.05, 4.69) is 26.2 Å². The quantitative estimate of drug-likeness (QED) is 0.784. The number of para-hydroxylation sites is 1. The summed E-state index contributed by atoms with van der Waals surface area (Å²) in [6.45, 7) is 7.46. The maximum Gasteiger partial charge on any atom is 0.234 e. The van der Waals surface area contributed by atoms with Crippen molar-refractivity contribution >= 4 is 5.91 Å². The first kappa shape index (κ1) is 20.8. The molecule has 2 aromatic rings. The van der Waals surface area contributed by atoms with E-state index in [1.165, 1.54) is 0 Å². The molecule has 1 amide bonds. The molecule has 0 aliphatic carbocycles. The number of aromatic nitrogens is 1. The van der Waals surface area contributed by atoms with Gasteiger partial charge in [-0.25, -0.2) is 0 Å². The number of hydrogen-bond donors (Lipinski definition) is 1. The van der Waals surface area contributed by atoms with Crippen LogP contribution >= 0.6 is 0 Å². The third-order valence-electron chi connectivity index (χ3n) is 5.59. The van der Waals surface area contributed by atoms with E-state index in [-0.39, 0.29) is 18.1 Å². The van der Waals surface area contributed by atoms with Crippen LogP contribution in [0, 0.1) is 0 Å². The third-order valence-corrected chi connectivity index (χ3v) is 5.59. The van der Waals surface area contributed by atoms with E-state index in [0.29, 0.717) is 32.8 Å². The summed E-state index contributed by atoms with van der Waals surface area (Å²) in [7, 11) is 0.